The molecule has 5 aliphatic heterocycles. The lowest BCUT2D eigenvalue weighted by Crippen LogP contribution is -2.52. The van der Waals surface area contributed by atoms with Crippen LogP contribution in [-0.4, -0.2) is 92.5 Å². The highest BCUT2D eigenvalue weighted by molar-refractivity contribution is 6.05. The lowest BCUT2D eigenvalue weighted by Gasteiger charge is -2.40. The maximum Gasteiger partial charge on any atom is 0.418 e. The van der Waals surface area contributed by atoms with Crippen molar-refractivity contribution in [3.63, 3.8) is 0 Å². The summed E-state index contributed by atoms with van der Waals surface area (Å²) in [6.07, 6.45) is 0.281. The number of piperazine rings is 1. The van der Waals surface area contributed by atoms with Gasteiger partial charge in [0.15, 0.2) is 0 Å². The van der Waals surface area contributed by atoms with E-state index in [1.54, 1.807) is 24.0 Å². The number of nitriles is 1. The van der Waals surface area contributed by atoms with Gasteiger partial charge in [-0.25, -0.2) is 0 Å². The standard InChI is InChI=1S/C44H50F3N7O3/c1-2-36-38(10-5-32(26-48)41(36)44(45,46)47)53-19-15-31(16-20-53)30-3-6-34(7-4-30)51-17-13-29(14-18-51)27-50-21-23-52(24-22-50)35-8-9-37-33(25-35)28-54(43(37)57)39-11-12-40(55)49-42(39)56/h3-10,25,29,31,39H,2,11-24,27-28H2,1H3,(H,49,55,56). The maximum absolute atomic E-state index is 14.0. The van der Waals surface area contributed by atoms with Gasteiger partial charge in [-0.1, -0.05) is 19.1 Å². The Kier molecular flexibility index (Phi) is 10.9. The molecule has 5 aliphatic rings. The first-order valence-corrected chi connectivity index (χ1v) is 20.5. The highest BCUT2D eigenvalue weighted by atomic mass is 19.4. The van der Waals surface area contributed by atoms with E-state index in [0.29, 0.717) is 49.1 Å². The van der Waals surface area contributed by atoms with Gasteiger partial charge in [-0.2, -0.15) is 18.4 Å². The van der Waals surface area contributed by atoms with Gasteiger partial charge in [0, 0.05) is 94.5 Å². The summed E-state index contributed by atoms with van der Waals surface area (Å²) in [6, 6.07) is 19.1. The minimum Gasteiger partial charge on any atom is -0.372 e. The van der Waals surface area contributed by atoms with Crippen molar-refractivity contribution >= 4 is 34.8 Å². The summed E-state index contributed by atoms with van der Waals surface area (Å²) in [5.41, 5.74) is 4.91. The van der Waals surface area contributed by atoms with Gasteiger partial charge in [-0.05, 0) is 110 Å². The summed E-state index contributed by atoms with van der Waals surface area (Å²) in [4.78, 5) is 48.3. The van der Waals surface area contributed by atoms with Crippen molar-refractivity contribution in [1.29, 1.82) is 5.26 Å². The van der Waals surface area contributed by atoms with Crippen LogP contribution in [0.15, 0.2) is 54.6 Å². The lowest BCUT2D eigenvalue weighted by atomic mass is 9.88. The number of halogens is 3. The molecule has 3 aromatic rings. The molecule has 4 saturated heterocycles. The second-order valence-corrected chi connectivity index (χ2v) is 16.3. The Morgan fingerprint density at radius 3 is 2.11 bits per heavy atom. The molecule has 0 radical (unpaired) electrons. The van der Waals surface area contributed by atoms with E-state index >= 15 is 0 Å². The van der Waals surface area contributed by atoms with Crippen molar-refractivity contribution in [2.24, 2.45) is 5.92 Å². The van der Waals surface area contributed by atoms with Crippen LogP contribution in [-0.2, 0) is 28.7 Å². The van der Waals surface area contributed by atoms with E-state index in [-0.39, 0.29) is 41.7 Å². The first-order chi connectivity index (χ1) is 27.5. The number of nitrogens with zero attached hydrogens (tertiary/aromatic N) is 6. The summed E-state index contributed by atoms with van der Waals surface area (Å²) in [6.45, 7) is 10.4. The van der Waals surface area contributed by atoms with Crippen LogP contribution in [0.2, 0.25) is 0 Å². The van der Waals surface area contributed by atoms with Crippen molar-refractivity contribution in [2.75, 3.05) is 73.6 Å². The Bertz CT molecular complexity index is 2040. The van der Waals surface area contributed by atoms with Crippen LogP contribution in [0.1, 0.15) is 89.5 Å². The van der Waals surface area contributed by atoms with E-state index < -0.39 is 17.8 Å². The summed E-state index contributed by atoms with van der Waals surface area (Å²) in [5, 5.41) is 11.7. The van der Waals surface area contributed by atoms with Gasteiger partial charge >= 0.3 is 6.18 Å². The monoisotopic (exact) mass is 781 g/mol. The number of piperidine rings is 3. The molecule has 10 nitrogen and oxygen atoms in total. The SMILES string of the molecule is CCc1c(N2CCC(c3ccc(N4CCC(CN5CCN(c6ccc7c(c6)CN(C6CCC(=O)NC6=O)C7=O)CC5)CC4)cc3)CC2)ccc(C#N)c1C(F)(F)F. The molecule has 0 bridgehead atoms. The first kappa shape index (κ1) is 38.8. The Morgan fingerprint density at radius 1 is 0.789 bits per heavy atom. The number of imide groups is 1. The minimum atomic E-state index is -4.57. The molecule has 3 aromatic carbocycles. The third-order valence-electron chi connectivity index (χ3n) is 13.0. The van der Waals surface area contributed by atoms with Crippen molar-refractivity contribution in [2.45, 2.75) is 76.6 Å². The third-order valence-corrected chi connectivity index (χ3v) is 13.0. The van der Waals surface area contributed by atoms with E-state index in [2.05, 4.69) is 55.2 Å². The fourth-order valence-corrected chi connectivity index (χ4v) is 9.80. The molecule has 13 heteroatoms. The molecule has 3 amide bonds. The Balaban J connectivity index is 0.784. The molecule has 0 aliphatic carbocycles. The summed E-state index contributed by atoms with van der Waals surface area (Å²) in [7, 11) is 0. The number of anilines is 3. The summed E-state index contributed by atoms with van der Waals surface area (Å²) in [5.74, 6) is 0.193. The van der Waals surface area contributed by atoms with E-state index in [9.17, 15) is 32.8 Å². The molecule has 0 saturated carbocycles. The summed E-state index contributed by atoms with van der Waals surface area (Å²) >= 11 is 0. The second-order valence-electron chi connectivity index (χ2n) is 16.3. The average Bonchev–Trinajstić information content (AvgIpc) is 3.55. The van der Waals surface area contributed by atoms with E-state index in [1.165, 1.54) is 17.3 Å². The highest BCUT2D eigenvalue weighted by Crippen LogP contribution is 2.41. The molecule has 1 N–H and O–H groups in total. The van der Waals surface area contributed by atoms with Crippen LogP contribution < -0.4 is 20.0 Å². The van der Waals surface area contributed by atoms with Crippen molar-refractivity contribution in [3.8, 4) is 6.07 Å². The minimum absolute atomic E-state index is 0.142. The number of carbonyl (C=O) groups is 3. The molecule has 0 spiro atoms. The van der Waals surface area contributed by atoms with Crippen LogP contribution in [0.4, 0.5) is 30.2 Å². The van der Waals surface area contributed by atoms with E-state index in [4.69, 9.17) is 0 Å². The van der Waals surface area contributed by atoms with Gasteiger partial charge in [0.05, 0.1) is 17.2 Å². The largest absolute Gasteiger partial charge is 0.418 e. The number of carbonyl (C=O) groups excluding carboxylic acids is 3. The van der Waals surface area contributed by atoms with Gasteiger partial charge in [0.1, 0.15) is 6.04 Å². The predicted molar refractivity (Wildman–Crippen MR) is 212 cm³/mol. The molecule has 300 valence electrons. The number of alkyl halides is 3. The van der Waals surface area contributed by atoms with Gasteiger partial charge in [-0.3, -0.25) is 24.6 Å². The van der Waals surface area contributed by atoms with E-state index in [0.717, 1.165) is 82.7 Å². The van der Waals surface area contributed by atoms with E-state index in [1.807, 2.05) is 12.1 Å². The fourth-order valence-electron chi connectivity index (χ4n) is 9.80. The zero-order valence-electron chi connectivity index (χ0n) is 32.5. The third kappa shape index (κ3) is 7.93. The van der Waals surface area contributed by atoms with Gasteiger partial charge in [0.2, 0.25) is 11.8 Å². The number of nitrogens with one attached hydrogen (secondary N) is 1. The van der Waals surface area contributed by atoms with Crippen LogP contribution in [0, 0.1) is 17.2 Å². The number of rotatable bonds is 8. The lowest BCUT2D eigenvalue weighted by molar-refractivity contribution is -0.139. The van der Waals surface area contributed by atoms with Crippen LogP contribution >= 0.6 is 0 Å². The highest BCUT2D eigenvalue weighted by Gasteiger charge is 2.40. The van der Waals surface area contributed by atoms with Crippen LogP contribution in [0.25, 0.3) is 0 Å². The normalized spacial score (nSPS) is 21.5. The van der Waals surface area contributed by atoms with Crippen molar-refractivity contribution in [1.82, 2.24) is 15.1 Å². The molecular weight excluding hydrogens is 732 g/mol. The molecule has 4 fully saturated rings. The quantitative estimate of drug-likeness (QED) is 0.265. The smallest absolute Gasteiger partial charge is 0.372 e. The van der Waals surface area contributed by atoms with Crippen LogP contribution in [0.3, 0.4) is 0 Å². The molecule has 0 aromatic heterocycles. The number of benzene rings is 3. The first-order valence-electron chi connectivity index (χ1n) is 20.5. The Labute approximate surface area is 332 Å². The molecule has 57 heavy (non-hydrogen) atoms. The number of hydrogen-bond donors (Lipinski definition) is 1. The zero-order chi connectivity index (χ0) is 39.8. The second kappa shape index (κ2) is 16.0. The predicted octanol–water partition coefficient (Wildman–Crippen LogP) is 6.32. The molecule has 8 rings (SSSR count). The average molecular weight is 782 g/mol. The topological polar surface area (TPSA) is 103 Å². The fraction of sp³-hybridized carbons (Fsp3) is 0.500. The van der Waals surface area contributed by atoms with Gasteiger partial charge in [-0.15, -0.1) is 0 Å². The molecule has 1 unspecified atom stereocenters. The van der Waals surface area contributed by atoms with Gasteiger partial charge < -0.3 is 19.6 Å². The number of amides is 3. The summed E-state index contributed by atoms with van der Waals surface area (Å²) < 4.78 is 41.9. The molecule has 5 heterocycles. The van der Waals surface area contributed by atoms with Crippen molar-refractivity contribution in [3.05, 3.63) is 88.0 Å². The molecular formula is C44H50F3N7O3. The number of fused-ring (bicyclic) bond motifs is 1. The zero-order valence-corrected chi connectivity index (χ0v) is 32.5. The Hall–Kier alpha value is -5.09. The molecule has 1 atom stereocenters. The maximum atomic E-state index is 14.0. The van der Waals surface area contributed by atoms with Crippen LogP contribution in [0.5, 0.6) is 0 Å². The van der Waals surface area contributed by atoms with Crippen molar-refractivity contribution < 1.29 is 27.6 Å². The Morgan fingerprint density at radius 2 is 1.46 bits per heavy atom. The van der Waals surface area contributed by atoms with Gasteiger partial charge in [0.25, 0.3) is 5.91 Å². The number of hydrogen-bond acceptors (Lipinski definition) is 8.